The molecule has 3 amide bonds. The third-order valence-corrected chi connectivity index (χ3v) is 7.99. The van der Waals surface area contributed by atoms with Crippen LogP contribution in [0, 0.1) is 9.49 Å². The van der Waals surface area contributed by atoms with E-state index in [2.05, 4.69) is 90.8 Å². The standard InChI is InChI=1S/C29H45IN4O2/c1-22(2)13-20-34(25-11-9-24(30)10-12-25)26-14-18-32(19-15-26)28(35)27(21-23(3)4)31-29(36)33-16-7-5-6-8-17-33/h9-13,23,26-27H,5-8,14-21H2,1-4H3,(H,31,36)/t27-/m0/s1. The van der Waals surface area contributed by atoms with Crippen molar-refractivity contribution in [1.29, 1.82) is 0 Å². The minimum absolute atomic E-state index is 0.0719. The number of anilines is 1. The van der Waals surface area contributed by atoms with Gasteiger partial charge in [-0.3, -0.25) is 4.79 Å². The molecule has 0 unspecified atom stereocenters. The first-order valence-corrected chi connectivity index (χ1v) is 14.8. The Balaban J connectivity index is 1.64. The van der Waals surface area contributed by atoms with Crippen LogP contribution in [0.15, 0.2) is 35.9 Å². The maximum absolute atomic E-state index is 13.6. The number of likely N-dealkylation sites (tertiary alicyclic amines) is 2. The van der Waals surface area contributed by atoms with Crippen LogP contribution in [0.25, 0.3) is 0 Å². The molecule has 6 nitrogen and oxygen atoms in total. The number of carbonyl (C=O) groups is 2. The third kappa shape index (κ3) is 8.67. The van der Waals surface area contributed by atoms with Crippen molar-refractivity contribution in [2.45, 2.75) is 84.7 Å². The van der Waals surface area contributed by atoms with E-state index in [1.54, 1.807) is 0 Å². The van der Waals surface area contributed by atoms with Gasteiger partial charge in [-0.1, -0.05) is 38.3 Å². The summed E-state index contributed by atoms with van der Waals surface area (Å²) >= 11 is 2.35. The number of amides is 3. The number of halogens is 1. The lowest BCUT2D eigenvalue weighted by Crippen LogP contribution is -2.55. The van der Waals surface area contributed by atoms with Gasteiger partial charge in [0.2, 0.25) is 5.91 Å². The van der Waals surface area contributed by atoms with Gasteiger partial charge in [0.25, 0.3) is 0 Å². The molecule has 7 heteroatoms. The van der Waals surface area contributed by atoms with Gasteiger partial charge in [0.1, 0.15) is 6.04 Å². The number of allylic oxidation sites excluding steroid dienone is 1. The van der Waals surface area contributed by atoms with Crippen LogP contribution >= 0.6 is 22.6 Å². The number of benzene rings is 1. The van der Waals surface area contributed by atoms with E-state index >= 15 is 0 Å². The average molecular weight is 609 g/mol. The summed E-state index contributed by atoms with van der Waals surface area (Å²) in [7, 11) is 0. The van der Waals surface area contributed by atoms with Crippen LogP contribution in [0.1, 0.15) is 72.6 Å². The quantitative estimate of drug-likeness (QED) is 0.289. The van der Waals surface area contributed by atoms with E-state index in [9.17, 15) is 9.59 Å². The number of nitrogens with one attached hydrogen (secondary N) is 1. The second-order valence-corrected chi connectivity index (χ2v) is 12.2. The summed E-state index contributed by atoms with van der Waals surface area (Å²) in [6, 6.07) is 8.60. The van der Waals surface area contributed by atoms with E-state index in [1.165, 1.54) is 27.7 Å². The predicted octanol–water partition coefficient (Wildman–Crippen LogP) is 6.06. The first-order chi connectivity index (χ1) is 17.2. The minimum Gasteiger partial charge on any atom is -0.365 e. The fourth-order valence-electron chi connectivity index (χ4n) is 5.20. The van der Waals surface area contributed by atoms with Crippen molar-refractivity contribution >= 4 is 40.2 Å². The molecular formula is C29H45IN4O2. The van der Waals surface area contributed by atoms with Crippen LogP contribution in [0.3, 0.4) is 0 Å². The second-order valence-electron chi connectivity index (χ2n) is 11.0. The van der Waals surface area contributed by atoms with Crippen LogP contribution in [0.2, 0.25) is 0 Å². The van der Waals surface area contributed by atoms with Gasteiger partial charge in [-0.25, -0.2) is 4.79 Å². The molecule has 200 valence electrons. The highest BCUT2D eigenvalue weighted by Crippen LogP contribution is 2.26. The van der Waals surface area contributed by atoms with Crippen molar-refractivity contribution < 1.29 is 9.59 Å². The predicted molar refractivity (Wildman–Crippen MR) is 157 cm³/mol. The van der Waals surface area contributed by atoms with Gasteiger partial charge < -0.3 is 20.0 Å². The molecule has 1 atom stereocenters. The highest BCUT2D eigenvalue weighted by Gasteiger charge is 2.32. The Morgan fingerprint density at radius 1 is 1.00 bits per heavy atom. The summed E-state index contributed by atoms with van der Waals surface area (Å²) < 4.78 is 1.23. The summed E-state index contributed by atoms with van der Waals surface area (Å²) in [5.74, 6) is 0.414. The number of nitrogens with zero attached hydrogens (tertiary/aromatic N) is 3. The van der Waals surface area contributed by atoms with Crippen molar-refractivity contribution in [3.63, 3.8) is 0 Å². The molecule has 0 radical (unpaired) electrons. The normalized spacial score (nSPS) is 17.9. The zero-order valence-electron chi connectivity index (χ0n) is 22.6. The molecular weight excluding hydrogens is 563 g/mol. The lowest BCUT2D eigenvalue weighted by molar-refractivity contribution is -0.134. The maximum Gasteiger partial charge on any atom is 0.318 e. The third-order valence-electron chi connectivity index (χ3n) is 7.27. The number of hydrogen-bond donors (Lipinski definition) is 1. The summed E-state index contributed by atoms with van der Waals surface area (Å²) in [5, 5.41) is 3.12. The Morgan fingerprint density at radius 2 is 1.61 bits per heavy atom. The second kappa shape index (κ2) is 14.2. The van der Waals surface area contributed by atoms with E-state index in [1.807, 2.05) is 9.80 Å². The van der Waals surface area contributed by atoms with Gasteiger partial charge in [-0.15, -0.1) is 0 Å². The van der Waals surface area contributed by atoms with Crippen molar-refractivity contribution in [2.75, 3.05) is 37.6 Å². The first-order valence-electron chi connectivity index (χ1n) is 13.7. The lowest BCUT2D eigenvalue weighted by atomic mass is 9.98. The van der Waals surface area contributed by atoms with Gasteiger partial charge >= 0.3 is 6.03 Å². The Bertz CT molecular complexity index is 866. The van der Waals surface area contributed by atoms with Gasteiger partial charge in [0.15, 0.2) is 0 Å². The molecule has 1 aromatic carbocycles. The van der Waals surface area contributed by atoms with Crippen LogP contribution < -0.4 is 10.2 Å². The highest BCUT2D eigenvalue weighted by molar-refractivity contribution is 14.1. The molecule has 2 fully saturated rings. The van der Waals surface area contributed by atoms with Crippen LogP contribution in [0.5, 0.6) is 0 Å². The van der Waals surface area contributed by atoms with Gasteiger partial charge in [0.05, 0.1) is 0 Å². The zero-order chi connectivity index (χ0) is 26.1. The Morgan fingerprint density at radius 3 is 2.17 bits per heavy atom. The highest BCUT2D eigenvalue weighted by atomic mass is 127. The fourth-order valence-corrected chi connectivity index (χ4v) is 5.56. The summed E-state index contributed by atoms with van der Waals surface area (Å²) in [6.45, 7) is 12.4. The lowest BCUT2D eigenvalue weighted by Gasteiger charge is -2.40. The number of piperidine rings is 1. The maximum atomic E-state index is 13.6. The number of urea groups is 1. The van der Waals surface area contributed by atoms with Crippen molar-refractivity contribution in [1.82, 2.24) is 15.1 Å². The molecule has 0 saturated carbocycles. The van der Waals surface area contributed by atoms with E-state index in [0.717, 1.165) is 58.4 Å². The topological polar surface area (TPSA) is 55.9 Å². The molecule has 0 aromatic heterocycles. The fraction of sp³-hybridized carbons (Fsp3) is 0.655. The van der Waals surface area contributed by atoms with E-state index in [-0.39, 0.29) is 11.9 Å². The molecule has 3 rings (SSSR count). The van der Waals surface area contributed by atoms with Crippen molar-refractivity contribution in [3.8, 4) is 0 Å². The number of hydrogen-bond acceptors (Lipinski definition) is 3. The molecule has 0 spiro atoms. The van der Waals surface area contributed by atoms with Crippen molar-refractivity contribution in [2.24, 2.45) is 5.92 Å². The average Bonchev–Trinajstić information content (AvgIpc) is 3.14. The smallest absolute Gasteiger partial charge is 0.318 e. The molecule has 0 bridgehead atoms. The molecule has 0 aliphatic carbocycles. The van der Waals surface area contributed by atoms with Crippen LogP contribution in [0.4, 0.5) is 10.5 Å². The van der Waals surface area contributed by atoms with Crippen LogP contribution in [-0.4, -0.2) is 66.5 Å². The molecule has 2 aliphatic rings. The van der Waals surface area contributed by atoms with Gasteiger partial charge in [-0.2, -0.15) is 0 Å². The van der Waals surface area contributed by atoms with Gasteiger partial charge in [-0.05, 0) is 98.7 Å². The number of carbonyl (C=O) groups excluding carboxylic acids is 2. The molecule has 2 aliphatic heterocycles. The van der Waals surface area contributed by atoms with E-state index in [0.29, 0.717) is 18.4 Å². The molecule has 1 N–H and O–H groups in total. The monoisotopic (exact) mass is 608 g/mol. The first kappa shape index (κ1) is 28.8. The SMILES string of the molecule is CC(C)=CCN(c1ccc(I)cc1)C1CCN(C(=O)[C@H](CC(C)C)NC(=O)N2CCCCCC2)CC1. The Hall–Kier alpha value is -1.77. The minimum atomic E-state index is -0.449. The molecule has 2 saturated heterocycles. The largest absolute Gasteiger partial charge is 0.365 e. The zero-order valence-corrected chi connectivity index (χ0v) is 24.8. The summed E-state index contributed by atoms with van der Waals surface area (Å²) in [6.07, 6.45) is 9.28. The molecule has 36 heavy (non-hydrogen) atoms. The summed E-state index contributed by atoms with van der Waals surface area (Å²) in [5.41, 5.74) is 2.55. The van der Waals surface area contributed by atoms with Gasteiger partial charge in [0, 0.05) is 48.0 Å². The van der Waals surface area contributed by atoms with Crippen molar-refractivity contribution in [3.05, 3.63) is 39.5 Å². The Kier molecular flexibility index (Phi) is 11.4. The van der Waals surface area contributed by atoms with Crippen LogP contribution in [-0.2, 0) is 4.79 Å². The molecule has 1 aromatic rings. The number of rotatable bonds is 8. The Labute approximate surface area is 232 Å². The molecule has 2 heterocycles. The van der Waals surface area contributed by atoms with E-state index in [4.69, 9.17) is 0 Å². The summed E-state index contributed by atoms with van der Waals surface area (Å²) in [4.78, 5) is 33.0. The van der Waals surface area contributed by atoms with E-state index < -0.39 is 6.04 Å².